The first-order valence-corrected chi connectivity index (χ1v) is 10.7. The molecular weight excluding hydrogens is 420 g/mol. The van der Waals surface area contributed by atoms with Gasteiger partial charge in [-0.2, -0.15) is 0 Å². The van der Waals surface area contributed by atoms with Crippen molar-refractivity contribution >= 4 is 34.0 Å². The van der Waals surface area contributed by atoms with E-state index < -0.39 is 0 Å². The Morgan fingerprint density at radius 2 is 2.03 bits per heavy atom. The van der Waals surface area contributed by atoms with Gasteiger partial charge < -0.3 is 25.5 Å². The number of ether oxygens (including phenoxy) is 2. The van der Waals surface area contributed by atoms with E-state index in [0.717, 1.165) is 28.6 Å². The van der Waals surface area contributed by atoms with Gasteiger partial charge in [0.15, 0.2) is 17.5 Å². The van der Waals surface area contributed by atoms with E-state index in [4.69, 9.17) is 15.3 Å². The van der Waals surface area contributed by atoms with E-state index in [9.17, 15) is 0 Å². The van der Waals surface area contributed by atoms with E-state index >= 15 is 0 Å². The van der Waals surface area contributed by atoms with Crippen molar-refractivity contribution in [1.82, 2.24) is 19.9 Å². The highest BCUT2D eigenvalue weighted by Gasteiger charge is 2.18. The summed E-state index contributed by atoms with van der Waals surface area (Å²) >= 11 is 0. The number of rotatable bonds is 8. The third-order valence-electron chi connectivity index (χ3n) is 5.22. The van der Waals surface area contributed by atoms with Gasteiger partial charge in [-0.15, -0.1) is 0 Å². The molecule has 168 valence electrons. The number of anilines is 4. The predicted octanol–water partition coefficient (Wildman–Crippen LogP) is 3.23. The molecule has 5 rings (SSSR count). The van der Waals surface area contributed by atoms with E-state index in [-0.39, 0.29) is 6.10 Å². The Bertz CT molecular complexity index is 1250. The molecule has 0 amide bonds. The molecule has 1 fully saturated rings. The third kappa shape index (κ3) is 5.08. The van der Waals surface area contributed by atoms with Crippen LogP contribution >= 0.6 is 0 Å². The number of nitrogens with zero attached hydrogens (tertiary/aromatic N) is 4. The maximum atomic E-state index is 5.88. The molecule has 0 aliphatic carbocycles. The lowest BCUT2D eigenvalue weighted by Crippen LogP contribution is -2.16. The fourth-order valence-electron chi connectivity index (χ4n) is 3.58. The highest BCUT2D eigenvalue weighted by atomic mass is 16.5. The molecule has 1 aliphatic heterocycles. The number of pyridine rings is 2. The van der Waals surface area contributed by atoms with Gasteiger partial charge in [0.05, 0.1) is 24.9 Å². The fourth-order valence-corrected chi connectivity index (χ4v) is 3.58. The molecule has 1 atom stereocenters. The summed E-state index contributed by atoms with van der Waals surface area (Å²) < 4.78 is 11.2. The van der Waals surface area contributed by atoms with Crippen molar-refractivity contribution in [3.8, 4) is 5.88 Å². The van der Waals surface area contributed by atoms with Gasteiger partial charge >= 0.3 is 0 Å². The number of hydrogen-bond acceptors (Lipinski definition) is 10. The van der Waals surface area contributed by atoms with Crippen LogP contribution in [0.3, 0.4) is 0 Å². The molecule has 0 unspecified atom stereocenters. The van der Waals surface area contributed by atoms with Crippen LogP contribution in [0.4, 0.5) is 23.1 Å². The molecule has 3 aromatic heterocycles. The number of nitrogen functional groups attached to an aromatic ring is 1. The number of hydrogen-bond donors (Lipinski definition) is 4. The second kappa shape index (κ2) is 9.63. The number of nitrogens with one attached hydrogen (secondary N) is 3. The SMILES string of the molecule is NNc1ncc(Nc2ccnc(O[C@H]3CCOC3)c2)nc1NCc1ccc2ncccc2c1. The molecule has 5 N–H and O–H groups in total. The maximum absolute atomic E-state index is 5.88. The minimum atomic E-state index is 0.0316. The molecule has 0 radical (unpaired) electrons. The van der Waals surface area contributed by atoms with Crippen LogP contribution in [0.15, 0.2) is 61.1 Å². The largest absolute Gasteiger partial charge is 0.472 e. The Balaban J connectivity index is 1.29. The molecule has 33 heavy (non-hydrogen) atoms. The Kier molecular flexibility index (Phi) is 6.09. The number of aromatic nitrogens is 4. The van der Waals surface area contributed by atoms with Crippen molar-refractivity contribution in [2.24, 2.45) is 5.84 Å². The van der Waals surface area contributed by atoms with E-state index in [1.54, 1.807) is 18.6 Å². The van der Waals surface area contributed by atoms with Gasteiger partial charge in [0.1, 0.15) is 6.10 Å². The van der Waals surface area contributed by atoms with E-state index in [2.05, 4.69) is 42.1 Å². The van der Waals surface area contributed by atoms with E-state index in [1.165, 1.54) is 0 Å². The van der Waals surface area contributed by atoms with Gasteiger partial charge in [0, 0.05) is 42.5 Å². The first-order valence-electron chi connectivity index (χ1n) is 10.7. The summed E-state index contributed by atoms with van der Waals surface area (Å²) in [6.45, 7) is 1.85. The molecule has 0 spiro atoms. The van der Waals surface area contributed by atoms with Crippen LogP contribution in [0, 0.1) is 0 Å². The van der Waals surface area contributed by atoms with Gasteiger partial charge in [-0.05, 0) is 29.8 Å². The lowest BCUT2D eigenvalue weighted by Gasteiger charge is -2.14. The summed E-state index contributed by atoms with van der Waals surface area (Å²) in [5, 5.41) is 7.62. The molecule has 1 aromatic carbocycles. The summed E-state index contributed by atoms with van der Waals surface area (Å²) in [4.78, 5) is 17.6. The zero-order chi connectivity index (χ0) is 22.5. The molecule has 10 nitrogen and oxygen atoms in total. The highest BCUT2D eigenvalue weighted by Crippen LogP contribution is 2.24. The number of nitrogens with two attached hydrogens (primary N) is 1. The lowest BCUT2D eigenvalue weighted by molar-refractivity contribution is 0.138. The summed E-state index contributed by atoms with van der Waals surface area (Å²) in [6, 6.07) is 13.7. The summed E-state index contributed by atoms with van der Waals surface area (Å²) in [6.07, 6.45) is 5.97. The Morgan fingerprint density at radius 3 is 2.91 bits per heavy atom. The normalized spacial score (nSPS) is 15.4. The fraction of sp³-hybridized carbons (Fsp3) is 0.217. The average Bonchev–Trinajstić information content (AvgIpc) is 3.36. The minimum absolute atomic E-state index is 0.0316. The van der Waals surface area contributed by atoms with Crippen LogP contribution in [0.2, 0.25) is 0 Å². The van der Waals surface area contributed by atoms with Gasteiger partial charge in [-0.1, -0.05) is 12.1 Å². The predicted molar refractivity (Wildman–Crippen MR) is 126 cm³/mol. The zero-order valence-corrected chi connectivity index (χ0v) is 17.9. The molecule has 10 heteroatoms. The smallest absolute Gasteiger partial charge is 0.215 e. The molecular formula is C23H24N8O2. The average molecular weight is 444 g/mol. The minimum Gasteiger partial charge on any atom is -0.472 e. The monoisotopic (exact) mass is 444 g/mol. The van der Waals surface area contributed by atoms with Crippen molar-refractivity contribution < 1.29 is 9.47 Å². The molecule has 4 heterocycles. The molecule has 4 aromatic rings. The van der Waals surface area contributed by atoms with Crippen LogP contribution < -0.4 is 26.6 Å². The van der Waals surface area contributed by atoms with Crippen molar-refractivity contribution in [1.29, 1.82) is 0 Å². The molecule has 0 saturated carbocycles. The lowest BCUT2D eigenvalue weighted by atomic mass is 10.1. The standard InChI is InChI=1S/C23H24N8O2/c24-31-23-22(27-12-15-3-4-19-16(10-15)2-1-7-25-19)30-20(13-28-23)29-17-5-8-26-21(11-17)33-18-6-9-32-14-18/h1-5,7-8,10-11,13,18H,6,9,12,14,24H2,(H,28,31)(H2,26,27,29,30)/t18-/m0/s1. The summed E-state index contributed by atoms with van der Waals surface area (Å²) in [7, 11) is 0. The van der Waals surface area contributed by atoms with E-state index in [1.807, 2.05) is 36.4 Å². The first-order chi connectivity index (χ1) is 16.3. The highest BCUT2D eigenvalue weighted by molar-refractivity contribution is 5.79. The van der Waals surface area contributed by atoms with Crippen molar-refractivity contribution in [3.05, 3.63) is 66.6 Å². The summed E-state index contributed by atoms with van der Waals surface area (Å²) in [5.74, 6) is 7.71. The van der Waals surface area contributed by atoms with Crippen molar-refractivity contribution in [3.63, 3.8) is 0 Å². The topological polar surface area (TPSA) is 132 Å². The second-order valence-corrected chi connectivity index (χ2v) is 7.59. The first kappa shape index (κ1) is 20.9. The second-order valence-electron chi connectivity index (χ2n) is 7.59. The number of fused-ring (bicyclic) bond motifs is 1. The van der Waals surface area contributed by atoms with Crippen LogP contribution in [-0.4, -0.2) is 39.3 Å². The summed E-state index contributed by atoms with van der Waals surface area (Å²) in [5.41, 5.74) is 5.42. The zero-order valence-electron chi connectivity index (χ0n) is 17.9. The van der Waals surface area contributed by atoms with Gasteiger partial charge in [-0.25, -0.2) is 20.8 Å². The van der Waals surface area contributed by atoms with E-state index in [0.29, 0.717) is 43.1 Å². The maximum Gasteiger partial charge on any atom is 0.215 e. The third-order valence-corrected chi connectivity index (χ3v) is 5.22. The van der Waals surface area contributed by atoms with Crippen LogP contribution in [0.5, 0.6) is 5.88 Å². The van der Waals surface area contributed by atoms with Crippen LogP contribution in [0.25, 0.3) is 10.9 Å². The number of benzene rings is 1. The quantitative estimate of drug-likeness (QED) is 0.237. The Morgan fingerprint density at radius 1 is 1.06 bits per heavy atom. The van der Waals surface area contributed by atoms with Crippen molar-refractivity contribution in [2.45, 2.75) is 19.1 Å². The van der Waals surface area contributed by atoms with Gasteiger partial charge in [0.25, 0.3) is 0 Å². The Labute approximate surface area is 190 Å². The molecule has 1 aliphatic rings. The van der Waals surface area contributed by atoms with Gasteiger partial charge in [-0.3, -0.25) is 4.98 Å². The van der Waals surface area contributed by atoms with Gasteiger partial charge in [0.2, 0.25) is 5.88 Å². The Hall–Kier alpha value is -4.02. The van der Waals surface area contributed by atoms with Crippen LogP contribution in [-0.2, 0) is 11.3 Å². The molecule has 0 bridgehead atoms. The molecule has 1 saturated heterocycles. The number of hydrazine groups is 1. The van der Waals surface area contributed by atoms with Crippen molar-refractivity contribution in [2.75, 3.05) is 29.3 Å². The van der Waals surface area contributed by atoms with Crippen LogP contribution in [0.1, 0.15) is 12.0 Å².